The van der Waals surface area contributed by atoms with Crippen LogP contribution >= 0.6 is 0 Å². The maximum Gasteiger partial charge on any atom is 0.323 e. The number of hydrogen-bond acceptors (Lipinski definition) is 2. The van der Waals surface area contributed by atoms with Crippen LogP contribution in [0.2, 0.25) is 0 Å². The van der Waals surface area contributed by atoms with Crippen LogP contribution in [-0.2, 0) is 0 Å². The Morgan fingerprint density at radius 2 is 1.45 bits per heavy atom. The number of rotatable bonds is 4. The standard InChI is InChI=1S/C18H20N2O2/c21-18(19-14-6-2-1-3-7-14)20-15-10-12-17(13-11-15)22-16-8-4-5-9-16/h1-3,6-7,10-13,16H,4-5,8-9H2,(H2,19,20,21). The van der Waals surface area contributed by atoms with E-state index in [1.54, 1.807) is 0 Å². The van der Waals surface area contributed by atoms with Crippen molar-refractivity contribution in [1.29, 1.82) is 0 Å². The molecule has 3 rings (SSSR count). The van der Waals surface area contributed by atoms with Gasteiger partial charge in [0.05, 0.1) is 6.10 Å². The lowest BCUT2D eigenvalue weighted by atomic mass is 10.2. The minimum absolute atomic E-state index is 0.254. The summed E-state index contributed by atoms with van der Waals surface area (Å²) in [5, 5.41) is 5.59. The van der Waals surface area contributed by atoms with Crippen LogP contribution in [0.3, 0.4) is 0 Å². The molecular weight excluding hydrogens is 276 g/mol. The third kappa shape index (κ3) is 4.01. The number of carbonyl (C=O) groups is 1. The van der Waals surface area contributed by atoms with Crippen molar-refractivity contribution < 1.29 is 9.53 Å². The zero-order chi connectivity index (χ0) is 15.2. The van der Waals surface area contributed by atoms with E-state index in [0.29, 0.717) is 6.10 Å². The van der Waals surface area contributed by atoms with Gasteiger partial charge in [-0.05, 0) is 62.1 Å². The molecule has 0 bridgehead atoms. The molecule has 1 saturated carbocycles. The molecule has 0 unspecified atom stereocenters. The van der Waals surface area contributed by atoms with Gasteiger partial charge in [0.25, 0.3) is 0 Å². The molecule has 4 heteroatoms. The molecule has 2 aromatic carbocycles. The number of carbonyl (C=O) groups excluding carboxylic acids is 1. The summed E-state index contributed by atoms with van der Waals surface area (Å²) in [6, 6.07) is 16.6. The highest BCUT2D eigenvalue weighted by Crippen LogP contribution is 2.25. The molecule has 0 atom stereocenters. The van der Waals surface area contributed by atoms with Gasteiger partial charge in [-0.1, -0.05) is 18.2 Å². The van der Waals surface area contributed by atoms with Crippen molar-refractivity contribution in [2.75, 3.05) is 10.6 Å². The minimum Gasteiger partial charge on any atom is -0.490 e. The van der Waals surface area contributed by atoms with Gasteiger partial charge in [-0.3, -0.25) is 0 Å². The van der Waals surface area contributed by atoms with Gasteiger partial charge >= 0.3 is 6.03 Å². The molecule has 2 aromatic rings. The molecule has 0 saturated heterocycles. The van der Waals surface area contributed by atoms with Crippen molar-refractivity contribution >= 4 is 17.4 Å². The SMILES string of the molecule is O=C(Nc1ccccc1)Nc1ccc(OC2CCCC2)cc1. The predicted octanol–water partition coefficient (Wildman–Crippen LogP) is 4.65. The van der Waals surface area contributed by atoms with Gasteiger partial charge in [0, 0.05) is 11.4 Å². The Morgan fingerprint density at radius 3 is 2.09 bits per heavy atom. The van der Waals surface area contributed by atoms with E-state index in [0.717, 1.165) is 30.0 Å². The van der Waals surface area contributed by atoms with E-state index in [-0.39, 0.29) is 6.03 Å². The van der Waals surface area contributed by atoms with Crippen LogP contribution in [0.25, 0.3) is 0 Å². The zero-order valence-corrected chi connectivity index (χ0v) is 12.4. The van der Waals surface area contributed by atoms with Gasteiger partial charge in [0.1, 0.15) is 5.75 Å². The van der Waals surface area contributed by atoms with E-state index < -0.39 is 0 Å². The summed E-state index contributed by atoms with van der Waals surface area (Å²) in [7, 11) is 0. The van der Waals surface area contributed by atoms with E-state index in [9.17, 15) is 4.79 Å². The van der Waals surface area contributed by atoms with Crippen molar-refractivity contribution in [3.63, 3.8) is 0 Å². The van der Waals surface area contributed by atoms with E-state index in [2.05, 4.69) is 10.6 Å². The van der Waals surface area contributed by atoms with Crippen molar-refractivity contribution in [3.8, 4) is 5.75 Å². The summed E-state index contributed by atoms with van der Waals surface area (Å²) >= 11 is 0. The van der Waals surface area contributed by atoms with Gasteiger partial charge < -0.3 is 15.4 Å². The molecule has 114 valence electrons. The first kappa shape index (κ1) is 14.4. The molecule has 0 aliphatic heterocycles. The molecule has 0 spiro atoms. The highest BCUT2D eigenvalue weighted by molar-refractivity contribution is 5.99. The van der Waals surface area contributed by atoms with Crippen LogP contribution in [-0.4, -0.2) is 12.1 Å². The van der Waals surface area contributed by atoms with Crippen molar-refractivity contribution in [2.45, 2.75) is 31.8 Å². The fourth-order valence-corrected chi connectivity index (χ4v) is 2.63. The highest BCUT2D eigenvalue weighted by atomic mass is 16.5. The lowest BCUT2D eigenvalue weighted by Crippen LogP contribution is -2.19. The monoisotopic (exact) mass is 296 g/mol. The summed E-state index contributed by atoms with van der Waals surface area (Å²) in [5.41, 5.74) is 1.51. The van der Waals surface area contributed by atoms with Gasteiger partial charge in [-0.15, -0.1) is 0 Å². The van der Waals surface area contributed by atoms with E-state index in [4.69, 9.17) is 4.74 Å². The molecule has 1 fully saturated rings. The predicted molar refractivity (Wildman–Crippen MR) is 88.4 cm³/mol. The van der Waals surface area contributed by atoms with Crippen LogP contribution in [0, 0.1) is 0 Å². The second kappa shape index (κ2) is 6.98. The summed E-state index contributed by atoms with van der Waals surface area (Å²) in [4.78, 5) is 11.9. The average molecular weight is 296 g/mol. The molecule has 22 heavy (non-hydrogen) atoms. The zero-order valence-electron chi connectivity index (χ0n) is 12.4. The van der Waals surface area contributed by atoms with Gasteiger partial charge in [-0.25, -0.2) is 4.79 Å². The van der Waals surface area contributed by atoms with Crippen LogP contribution in [0.15, 0.2) is 54.6 Å². The number of anilines is 2. The Bertz CT molecular complexity index is 605. The Kier molecular flexibility index (Phi) is 4.59. The number of hydrogen-bond donors (Lipinski definition) is 2. The smallest absolute Gasteiger partial charge is 0.323 e. The maximum atomic E-state index is 11.9. The second-order valence-corrected chi connectivity index (χ2v) is 5.49. The highest BCUT2D eigenvalue weighted by Gasteiger charge is 2.16. The normalized spacial score (nSPS) is 14.5. The lowest BCUT2D eigenvalue weighted by Gasteiger charge is -2.13. The topological polar surface area (TPSA) is 50.4 Å². The molecular formula is C18H20N2O2. The summed E-state index contributed by atoms with van der Waals surface area (Å²) < 4.78 is 5.90. The third-order valence-corrected chi connectivity index (χ3v) is 3.75. The number of nitrogens with one attached hydrogen (secondary N) is 2. The molecule has 2 N–H and O–H groups in total. The first-order valence-electron chi connectivity index (χ1n) is 7.69. The Hall–Kier alpha value is -2.49. The van der Waals surface area contributed by atoms with Crippen LogP contribution in [0.5, 0.6) is 5.75 Å². The Morgan fingerprint density at radius 1 is 0.864 bits per heavy atom. The van der Waals surface area contributed by atoms with Crippen molar-refractivity contribution in [3.05, 3.63) is 54.6 Å². The number of benzene rings is 2. The van der Waals surface area contributed by atoms with Gasteiger partial charge in [-0.2, -0.15) is 0 Å². The first-order chi connectivity index (χ1) is 10.8. The van der Waals surface area contributed by atoms with Gasteiger partial charge in [0.15, 0.2) is 0 Å². The molecule has 0 aromatic heterocycles. The largest absolute Gasteiger partial charge is 0.490 e. The number of para-hydroxylation sites is 1. The van der Waals surface area contributed by atoms with Crippen LogP contribution in [0.1, 0.15) is 25.7 Å². The molecule has 1 aliphatic rings. The Balaban J connectivity index is 1.53. The average Bonchev–Trinajstić information content (AvgIpc) is 3.03. The van der Waals surface area contributed by atoms with E-state index in [1.807, 2.05) is 54.6 Å². The number of urea groups is 1. The first-order valence-corrected chi connectivity index (χ1v) is 7.69. The molecule has 4 nitrogen and oxygen atoms in total. The molecule has 2 amide bonds. The van der Waals surface area contributed by atoms with E-state index >= 15 is 0 Å². The van der Waals surface area contributed by atoms with Crippen molar-refractivity contribution in [1.82, 2.24) is 0 Å². The Labute approximate surface area is 130 Å². The summed E-state index contributed by atoms with van der Waals surface area (Å²) in [5.74, 6) is 0.862. The number of ether oxygens (including phenoxy) is 1. The molecule has 0 radical (unpaired) electrons. The second-order valence-electron chi connectivity index (χ2n) is 5.49. The van der Waals surface area contributed by atoms with E-state index in [1.165, 1.54) is 12.8 Å². The fraction of sp³-hybridized carbons (Fsp3) is 0.278. The number of amides is 2. The summed E-state index contributed by atoms with van der Waals surface area (Å²) in [6.07, 6.45) is 5.13. The van der Waals surface area contributed by atoms with Gasteiger partial charge in [0.2, 0.25) is 0 Å². The van der Waals surface area contributed by atoms with Crippen molar-refractivity contribution in [2.24, 2.45) is 0 Å². The molecule has 0 heterocycles. The minimum atomic E-state index is -0.254. The quantitative estimate of drug-likeness (QED) is 0.862. The summed E-state index contributed by atoms with van der Waals surface area (Å²) in [6.45, 7) is 0. The maximum absolute atomic E-state index is 11.9. The third-order valence-electron chi connectivity index (χ3n) is 3.75. The van der Waals surface area contributed by atoms with Crippen LogP contribution < -0.4 is 15.4 Å². The lowest BCUT2D eigenvalue weighted by molar-refractivity contribution is 0.210. The molecule has 1 aliphatic carbocycles. The fourth-order valence-electron chi connectivity index (χ4n) is 2.63. The van der Waals surface area contributed by atoms with Crippen LogP contribution in [0.4, 0.5) is 16.2 Å².